The first-order chi connectivity index (χ1) is 24.1. The van der Waals surface area contributed by atoms with E-state index in [1.807, 2.05) is 0 Å². The third-order valence-electron chi connectivity index (χ3n) is 9.69. The van der Waals surface area contributed by atoms with Crippen LogP contribution in [0.2, 0.25) is 0 Å². The van der Waals surface area contributed by atoms with Gasteiger partial charge in [0.1, 0.15) is 6.10 Å². The third-order valence-corrected chi connectivity index (χ3v) is 9.69. The second-order valence-corrected chi connectivity index (χ2v) is 14.5. The standard InChI is InChI=1S/C44H83NO4/c1-3-5-7-9-11-13-15-17-18-19-20-21-22-23-24-25-27-29-31-33-35-37-39-43(48)45-41(40-46)44(49)42(47)38-36-34-32-30-28-26-16-14-12-10-8-6-4-2/h14,16,22-23,30,32,41-42,44,46-47,49H,3-13,15,17-21,24-29,31,33-40H2,1-2H3,(H,45,48)/b16-14+,23-22-,32-30+. The van der Waals surface area contributed by atoms with Crippen LogP contribution in [-0.2, 0) is 4.79 Å². The van der Waals surface area contributed by atoms with E-state index in [4.69, 9.17) is 0 Å². The van der Waals surface area contributed by atoms with Gasteiger partial charge < -0.3 is 20.6 Å². The Morgan fingerprint density at radius 2 is 0.837 bits per heavy atom. The molecule has 0 aromatic carbocycles. The fourth-order valence-electron chi connectivity index (χ4n) is 6.35. The SMILES string of the molecule is CCCCCC/C=C/CC/C=C/CCCC(O)C(O)C(CO)NC(=O)CCCCCCCCC/C=C\CCCCCCCCCCCCC. The molecule has 3 atom stereocenters. The molecule has 0 aliphatic heterocycles. The van der Waals surface area contributed by atoms with Crippen LogP contribution >= 0.6 is 0 Å². The number of carbonyl (C=O) groups is 1. The Labute approximate surface area is 304 Å². The number of aliphatic hydroxyl groups is 3. The zero-order chi connectivity index (χ0) is 35.9. The Kier molecular flexibility index (Phi) is 38.2. The highest BCUT2D eigenvalue weighted by atomic mass is 16.3. The van der Waals surface area contributed by atoms with Crippen molar-refractivity contribution in [2.75, 3.05) is 6.61 Å². The van der Waals surface area contributed by atoms with Crippen molar-refractivity contribution in [3.8, 4) is 0 Å². The first-order valence-electron chi connectivity index (χ1n) is 21.3. The zero-order valence-corrected chi connectivity index (χ0v) is 32.6. The topological polar surface area (TPSA) is 89.8 Å². The van der Waals surface area contributed by atoms with Crippen LogP contribution in [0.5, 0.6) is 0 Å². The van der Waals surface area contributed by atoms with E-state index in [2.05, 4.69) is 55.6 Å². The molecule has 0 heterocycles. The Morgan fingerprint density at radius 1 is 0.490 bits per heavy atom. The summed E-state index contributed by atoms with van der Waals surface area (Å²) in [6.07, 6.45) is 48.2. The first-order valence-corrected chi connectivity index (χ1v) is 21.3. The van der Waals surface area contributed by atoms with Crippen LogP contribution < -0.4 is 5.32 Å². The molecule has 0 aromatic rings. The molecule has 0 rings (SSSR count). The van der Waals surface area contributed by atoms with Crippen LogP contribution in [0.25, 0.3) is 0 Å². The highest BCUT2D eigenvalue weighted by Gasteiger charge is 2.26. The Balaban J connectivity index is 3.67. The van der Waals surface area contributed by atoms with E-state index >= 15 is 0 Å². The number of rotatable bonds is 38. The number of allylic oxidation sites excluding steroid dienone is 6. The molecule has 0 aromatic heterocycles. The van der Waals surface area contributed by atoms with Crippen LogP contribution in [0.3, 0.4) is 0 Å². The minimum absolute atomic E-state index is 0.164. The summed E-state index contributed by atoms with van der Waals surface area (Å²) < 4.78 is 0. The van der Waals surface area contributed by atoms with E-state index in [1.165, 1.54) is 141 Å². The van der Waals surface area contributed by atoms with Crippen LogP contribution in [0.15, 0.2) is 36.5 Å². The molecule has 0 saturated carbocycles. The molecule has 4 N–H and O–H groups in total. The van der Waals surface area contributed by atoms with Gasteiger partial charge in [0.05, 0.1) is 18.8 Å². The second-order valence-electron chi connectivity index (χ2n) is 14.5. The van der Waals surface area contributed by atoms with E-state index in [0.717, 1.165) is 44.9 Å². The lowest BCUT2D eigenvalue weighted by Crippen LogP contribution is -2.50. The largest absolute Gasteiger partial charge is 0.394 e. The summed E-state index contributed by atoms with van der Waals surface area (Å²) in [7, 11) is 0. The molecule has 1 amide bonds. The molecule has 0 radical (unpaired) electrons. The van der Waals surface area contributed by atoms with Crippen molar-refractivity contribution in [1.29, 1.82) is 0 Å². The van der Waals surface area contributed by atoms with Gasteiger partial charge in [0.2, 0.25) is 5.91 Å². The fraction of sp³-hybridized carbons (Fsp3) is 0.841. The van der Waals surface area contributed by atoms with Crippen molar-refractivity contribution >= 4 is 5.91 Å². The van der Waals surface area contributed by atoms with Crippen molar-refractivity contribution in [1.82, 2.24) is 5.32 Å². The summed E-state index contributed by atoms with van der Waals surface area (Å²) in [4.78, 5) is 12.4. The van der Waals surface area contributed by atoms with Crippen molar-refractivity contribution in [2.24, 2.45) is 0 Å². The maximum Gasteiger partial charge on any atom is 0.220 e. The number of unbranched alkanes of at least 4 members (excludes halogenated alkanes) is 24. The molecular weight excluding hydrogens is 606 g/mol. The van der Waals surface area contributed by atoms with Gasteiger partial charge in [-0.1, -0.05) is 166 Å². The minimum atomic E-state index is -1.17. The highest BCUT2D eigenvalue weighted by Crippen LogP contribution is 2.14. The number of amides is 1. The molecule has 3 unspecified atom stereocenters. The van der Waals surface area contributed by atoms with Gasteiger partial charge in [-0.15, -0.1) is 0 Å². The van der Waals surface area contributed by atoms with Crippen LogP contribution in [0.1, 0.15) is 213 Å². The van der Waals surface area contributed by atoms with Gasteiger partial charge in [-0.25, -0.2) is 0 Å². The average molecular weight is 690 g/mol. The summed E-state index contributed by atoms with van der Waals surface area (Å²) in [5, 5.41) is 33.4. The predicted octanol–water partition coefficient (Wildman–Crippen LogP) is 12.0. The maximum absolute atomic E-state index is 12.4. The molecule has 0 fully saturated rings. The molecule has 288 valence electrons. The van der Waals surface area contributed by atoms with Crippen molar-refractivity contribution in [3.05, 3.63) is 36.5 Å². The summed E-state index contributed by atoms with van der Waals surface area (Å²) in [6, 6.07) is -0.833. The lowest BCUT2D eigenvalue weighted by molar-refractivity contribution is -0.124. The summed E-state index contributed by atoms with van der Waals surface area (Å²) in [5.74, 6) is -0.164. The van der Waals surface area contributed by atoms with E-state index in [1.54, 1.807) is 0 Å². The zero-order valence-electron chi connectivity index (χ0n) is 32.6. The summed E-state index contributed by atoms with van der Waals surface area (Å²) >= 11 is 0. The van der Waals surface area contributed by atoms with E-state index in [-0.39, 0.29) is 12.5 Å². The van der Waals surface area contributed by atoms with Crippen molar-refractivity contribution in [3.63, 3.8) is 0 Å². The molecule has 0 bridgehead atoms. The normalized spacial score (nSPS) is 14.0. The summed E-state index contributed by atoms with van der Waals surface area (Å²) in [5.41, 5.74) is 0. The monoisotopic (exact) mass is 690 g/mol. The van der Waals surface area contributed by atoms with Gasteiger partial charge in [-0.2, -0.15) is 0 Å². The third kappa shape index (κ3) is 34.8. The van der Waals surface area contributed by atoms with Gasteiger partial charge in [-0.3, -0.25) is 4.79 Å². The van der Waals surface area contributed by atoms with Crippen LogP contribution in [-0.4, -0.2) is 46.1 Å². The Morgan fingerprint density at radius 3 is 1.27 bits per heavy atom. The molecule has 5 heteroatoms. The van der Waals surface area contributed by atoms with Crippen molar-refractivity contribution in [2.45, 2.75) is 231 Å². The van der Waals surface area contributed by atoms with E-state index in [9.17, 15) is 20.1 Å². The average Bonchev–Trinajstić information content (AvgIpc) is 3.10. The molecule has 0 aliphatic carbocycles. The number of aliphatic hydroxyl groups excluding tert-OH is 3. The number of hydrogen-bond donors (Lipinski definition) is 4. The minimum Gasteiger partial charge on any atom is -0.394 e. The first kappa shape index (κ1) is 47.6. The van der Waals surface area contributed by atoms with Gasteiger partial charge in [0.15, 0.2) is 0 Å². The van der Waals surface area contributed by atoms with Gasteiger partial charge in [0.25, 0.3) is 0 Å². The molecule has 0 saturated heterocycles. The number of nitrogens with one attached hydrogen (secondary N) is 1. The van der Waals surface area contributed by atoms with Gasteiger partial charge >= 0.3 is 0 Å². The van der Waals surface area contributed by atoms with Crippen molar-refractivity contribution < 1.29 is 20.1 Å². The second kappa shape index (κ2) is 39.4. The molecule has 49 heavy (non-hydrogen) atoms. The molecule has 5 nitrogen and oxygen atoms in total. The lowest BCUT2D eigenvalue weighted by atomic mass is 10.0. The smallest absolute Gasteiger partial charge is 0.220 e. The molecular formula is C44H83NO4. The fourth-order valence-corrected chi connectivity index (χ4v) is 6.35. The Hall–Kier alpha value is -1.43. The quantitative estimate of drug-likeness (QED) is 0.0384. The predicted molar refractivity (Wildman–Crippen MR) is 213 cm³/mol. The Bertz CT molecular complexity index is 764. The number of hydrogen-bond acceptors (Lipinski definition) is 4. The lowest BCUT2D eigenvalue weighted by Gasteiger charge is -2.26. The molecule has 0 spiro atoms. The number of carbonyl (C=O) groups excluding carboxylic acids is 1. The van der Waals surface area contributed by atoms with Gasteiger partial charge in [0, 0.05) is 6.42 Å². The van der Waals surface area contributed by atoms with Gasteiger partial charge in [-0.05, 0) is 77.0 Å². The summed E-state index contributed by atoms with van der Waals surface area (Å²) in [6.45, 7) is 4.14. The van der Waals surface area contributed by atoms with E-state index in [0.29, 0.717) is 12.8 Å². The van der Waals surface area contributed by atoms with Crippen LogP contribution in [0.4, 0.5) is 0 Å². The van der Waals surface area contributed by atoms with Crippen LogP contribution in [0, 0.1) is 0 Å². The maximum atomic E-state index is 12.4. The molecule has 0 aliphatic rings. The highest BCUT2D eigenvalue weighted by molar-refractivity contribution is 5.76. The van der Waals surface area contributed by atoms with E-state index < -0.39 is 18.2 Å².